The second kappa shape index (κ2) is 6.17. The molecule has 2 rings (SSSR count). The average molecular weight is 276 g/mol. The maximum absolute atomic E-state index is 10.3. The molecule has 3 atom stereocenters. The average Bonchev–Trinajstić information content (AvgIpc) is 2.66. The van der Waals surface area contributed by atoms with Crippen LogP contribution in [-0.2, 0) is 6.42 Å². The van der Waals surface area contributed by atoms with Crippen molar-refractivity contribution in [2.45, 2.75) is 65.4 Å². The van der Waals surface area contributed by atoms with E-state index in [0.29, 0.717) is 11.7 Å². The van der Waals surface area contributed by atoms with E-state index in [0.717, 1.165) is 38.5 Å². The predicted molar refractivity (Wildman–Crippen MR) is 82.9 cm³/mol. The Balaban J connectivity index is 2.02. The van der Waals surface area contributed by atoms with Gasteiger partial charge in [-0.05, 0) is 73.6 Å². The van der Waals surface area contributed by atoms with Gasteiger partial charge in [-0.3, -0.25) is 0 Å². The van der Waals surface area contributed by atoms with Crippen LogP contribution in [0.1, 0.15) is 57.1 Å². The fourth-order valence-corrected chi connectivity index (χ4v) is 3.96. The first-order valence-electron chi connectivity index (χ1n) is 7.94. The fourth-order valence-electron chi connectivity index (χ4n) is 3.96. The molecule has 20 heavy (non-hydrogen) atoms. The van der Waals surface area contributed by atoms with Crippen LogP contribution in [0.3, 0.4) is 0 Å². The highest BCUT2D eigenvalue weighted by molar-refractivity contribution is 5.33. The number of hydrogen-bond acceptors (Lipinski definition) is 2. The summed E-state index contributed by atoms with van der Waals surface area (Å²) in [6.07, 6.45) is 6.41. The first-order valence-corrected chi connectivity index (χ1v) is 7.94. The fraction of sp³-hybridized carbons (Fsp3) is 0.667. The van der Waals surface area contributed by atoms with Crippen LogP contribution in [0.15, 0.2) is 18.2 Å². The van der Waals surface area contributed by atoms with Crippen LogP contribution < -0.4 is 0 Å². The highest BCUT2D eigenvalue weighted by Gasteiger charge is 2.44. The third-order valence-corrected chi connectivity index (χ3v) is 5.36. The molecule has 0 aromatic heterocycles. The molecule has 0 heterocycles. The molecule has 0 amide bonds. The summed E-state index contributed by atoms with van der Waals surface area (Å²) in [6.45, 7) is 6.53. The van der Waals surface area contributed by atoms with E-state index in [9.17, 15) is 10.2 Å². The van der Waals surface area contributed by atoms with Crippen molar-refractivity contribution in [3.05, 3.63) is 29.3 Å². The summed E-state index contributed by atoms with van der Waals surface area (Å²) in [5.74, 6) is 0.962. The molecule has 1 aliphatic carbocycles. The van der Waals surface area contributed by atoms with Crippen LogP contribution in [0.2, 0.25) is 0 Å². The normalized spacial score (nSPS) is 29.8. The third-order valence-electron chi connectivity index (χ3n) is 5.36. The van der Waals surface area contributed by atoms with E-state index >= 15 is 0 Å². The molecule has 0 aliphatic heterocycles. The molecule has 1 aliphatic rings. The number of benzene rings is 1. The summed E-state index contributed by atoms with van der Waals surface area (Å²) in [4.78, 5) is 0. The van der Waals surface area contributed by atoms with Crippen molar-refractivity contribution in [3.8, 4) is 5.75 Å². The number of aliphatic hydroxyl groups excluding tert-OH is 1. The number of rotatable bonds is 5. The van der Waals surface area contributed by atoms with Gasteiger partial charge in [0.2, 0.25) is 0 Å². The molecular weight excluding hydrogens is 248 g/mol. The van der Waals surface area contributed by atoms with Gasteiger partial charge in [0.05, 0.1) is 6.10 Å². The van der Waals surface area contributed by atoms with Crippen molar-refractivity contribution in [1.82, 2.24) is 0 Å². The molecule has 1 saturated carbocycles. The number of phenols is 1. The van der Waals surface area contributed by atoms with Gasteiger partial charge in [0.1, 0.15) is 5.75 Å². The van der Waals surface area contributed by atoms with Crippen LogP contribution in [-0.4, -0.2) is 16.3 Å². The summed E-state index contributed by atoms with van der Waals surface area (Å²) >= 11 is 0. The Bertz CT molecular complexity index is 455. The highest BCUT2D eigenvalue weighted by atomic mass is 16.3. The molecule has 0 spiro atoms. The van der Waals surface area contributed by atoms with Gasteiger partial charge in [-0.1, -0.05) is 26.3 Å². The van der Waals surface area contributed by atoms with E-state index in [1.165, 1.54) is 11.1 Å². The molecule has 2 heteroatoms. The molecule has 0 radical (unpaired) electrons. The van der Waals surface area contributed by atoms with Crippen LogP contribution in [0.25, 0.3) is 0 Å². The van der Waals surface area contributed by atoms with Gasteiger partial charge in [-0.15, -0.1) is 0 Å². The Morgan fingerprint density at radius 2 is 2.05 bits per heavy atom. The Hall–Kier alpha value is -1.02. The summed E-state index contributed by atoms with van der Waals surface area (Å²) in [5, 5.41) is 19.8. The van der Waals surface area contributed by atoms with Gasteiger partial charge in [0.15, 0.2) is 0 Å². The van der Waals surface area contributed by atoms with Gasteiger partial charge >= 0.3 is 0 Å². The number of aliphatic hydroxyl groups is 1. The highest BCUT2D eigenvalue weighted by Crippen LogP contribution is 2.48. The van der Waals surface area contributed by atoms with Crippen molar-refractivity contribution >= 4 is 0 Å². The van der Waals surface area contributed by atoms with E-state index in [-0.39, 0.29) is 11.5 Å². The molecule has 0 bridgehead atoms. The lowest BCUT2D eigenvalue weighted by Crippen LogP contribution is -2.32. The first kappa shape index (κ1) is 15.4. The zero-order chi connectivity index (χ0) is 14.8. The van der Waals surface area contributed by atoms with Gasteiger partial charge in [-0.2, -0.15) is 0 Å². The summed E-state index contributed by atoms with van der Waals surface area (Å²) in [7, 11) is 0. The Kier molecular flexibility index (Phi) is 4.74. The Labute approximate surface area is 122 Å². The van der Waals surface area contributed by atoms with Gasteiger partial charge in [-0.25, -0.2) is 0 Å². The number of hydrogen-bond donors (Lipinski definition) is 2. The summed E-state index contributed by atoms with van der Waals surface area (Å²) < 4.78 is 0. The van der Waals surface area contributed by atoms with Gasteiger partial charge in [0.25, 0.3) is 0 Å². The minimum absolute atomic E-state index is 0.0968. The first-order chi connectivity index (χ1) is 9.47. The SMILES string of the molecule is CCC[C@@]1(C)[C@H](CCc2ccc(O)cc2C)CC[C@@H]1O. The number of phenolic OH excluding ortho intramolecular Hbond substituents is 1. The second-order valence-electron chi connectivity index (χ2n) is 6.70. The van der Waals surface area contributed by atoms with Crippen molar-refractivity contribution in [2.24, 2.45) is 11.3 Å². The zero-order valence-corrected chi connectivity index (χ0v) is 13.0. The van der Waals surface area contributed by atoms with Crippen molar-refractivity contribution in [1.29, 1.82) is 0 Å². The van der Waals surface area contributed by atoms with Crippen molar-refractivity contribution < 1.29 is 10.2 Å². The van der Waals surface area contributed by atoms with Crippen LogP contribution in [0, 0.1) is 18.3 Å². The molecule has 1 fully saturated rings. The smallest absolute Gasteiger partial charge is 0.115 e. The van der Waals surface area contributed by atoms with Gasteiger partial charge in [0, 0.05) is 0 Å². The summed E-state index contributed by atoms with van der Waals surface area (Å²) in [5.41, 5.74) is 2.59. The maximum atomic E-state index is 10.3. The minimum atomic E-state index is -0.131. The monoisotopic (exact) mass is 276 g/mol. The molecule has 2 nitrogen and oxygen atoms in total. The van der Waals surface area contributed by atoms with E-state index in [2.05, 4.69) is 20.8 Å². The standard InChI is InChI=1S/C18H28O2/c1-4-11-18(3)15(8-10-17(18)20)7-5-14-6-9-16(19)12-13(14)2/h6,9,12,15,17,19-20H,4-5,7-8,10-11H2,1-3H3/t15-,17+,18+/m1/s1. The van der Waals surface area contributed by atoms with Crippen LogP contribution >= 0.6 is 0 Å². The second-order valence-corrected chi connectivity index (χ2v) is 6.70. The molecule has 112 valence electrons. The van der Waals surface area contributed by atoms with E-state index in [4.69, 9.17) is 0 Å². The molecule has 2 N–H and O–H groups in total. The lowest BCUT2D eigenvalue weighted by molar-refractivity contribution is 0.0294. The summed E-state index contributed by atoms with van der Waals surface area (Å²) in [6, 6.07) is 5.65. The molecule has 1 aromatic rings. The molecular formula is C18H28O2. The largest absolute Gasteiger partial charge is 0.508 e. The number of aromatic hydroxyl groups is 1. The van der Waals surface area contributed by atoms with E-state index in [1.807, 2.05) is 12.1 Å². The Morgan fingerprint density at radius 3 is 2.70 bits per heavy atom. The van der Waals surface area contributed by atoms with Gasteiger partial charge < -0.3 is 10.2 Å². The predicted octanol–water partition coefficient (Wildman–Crippen LogP) is 4.21. The third kappa shape index (κ3) is 3.01. The Morgan fingerprint density at radius 1 is 1.30 bits per heavy atom. The van der Waals surface area contributed by atoms with E-state index < -0.39 is 0 Å². The van der Waals surface area contributed by atoms with Crippen molar-refractivity contribution in [3.63, 3.8) is 0 Å². The quantitative estimate of drug-likeness (QED) is 0.845. The molecule has 0 saturated heterocycles. The van der Waals surface area contributed by atoms with Crippen LogP contribution in [0.4, 0.5) is 0 Å². The zero-order valence-electron chi connectivity index (χ0n) is 13.0. The lowest BCUT2D eigenvalue weighted by atomic mass is 9.72. The van der Waals surface area contributed by atoms with Crippen molar-refractivity contribution in [2.75, 3.05) is 0 Å². The molecule has 1 aromatic carbocycles. The maximum Gasteiger partial charge on any atom is 0.115 e. The molecule has 0 unspecified atom stereocenters. The number of aryl methyl sites for hydroxylation is 2. The lowest BCUT2D eigenvalue weighted by Gasteiger charge is -2.34. The van der Waals surface area contributed by atoms with Crippen LogP contribution in [0.5, 0.6) is 5.75 Å². The minimum Gasteiger partial charge on any atom is -0.508 e. The van der Waals surface area contributed by atoms with E-state index in [1.54, 1.807) is 6.07 Å². The topological polar surface area (TPSA) is 40.5 Å².